The molecule has 0 radical (unpaired) electrons. The van der Waals surface area contributed by atoms with Crippen LogP contribution < -0.4 is 4.74 Å². The molecule has 1 aromatic heterocycles. The smallest absolute Gasteiger partial charge is 0.233 e. The van der Waals surface area contributed by atoms with Crippen molar-refractivity contribution in [3.63, 3.8) is 0 Å². The van der Waals surface area contributed by atoms with Crippen molar-refractivity contribution in [1.29, 1.82) is 0 Å². The fraction of sp³-hybridized carbons (Fsp3) is 0. The van der Waals surface area contributed by atoms with Gasteiger partial charge in [0.15, 0.2) is 0 Å². The lowest BCUT2D eigenvalue weighted by Crippen LogP contribution is -1.88. The average Bonchev–Trinajstić information content (AvgIpc) is 2.20. The Bertz CT molecular complexity index is 499. The lowest BCUT2D eigenvalue weighted by atomic mass is 10.3. The van der Waals surface area contributed by atoms with Gasteiger partial charge in [0.1, 0.15) is 5.75 Å². The van der Waals surface area contributed by atoms with Crippen molar-refractivity contribution in [1.82, 2.24) is 4.98 Å². The number of aromatic nitrogens is 1. The first-order valence-electron chi connectivity index (χ1n) is 4.39. The molecule has 82 valence electrons. The summed E-state index contributed by atoms with van der Waals surface area (Å²) in [5, 5.41) is 1.05. The standard InChI is InChI=1S/C11H6BrCl2NO/c12-10-2-1-3-15-11(10)16-9-5-7(13)4-8(14)6-9/h1-6H. The summed E-state index contributed by atoms with van der Waals surface area (Å²) in [5.74, 6) is 1.03. The molecule has 0 spiro atoms. The van der Waals surface area contributed by atoms with Gasteiger partial charge in [-0.2, -0.15) is 0 Å². The molecule has 1 aromatic carbocycles. The maximum Gasteiger partial charge on any atom is 0.233 e. The molecule has 0 aliphatic rings. The van der Waals surface area contributed by atoms with Gasteiger partial charge < -0.3 is 4.74 Å². The van der Waals surface area contributed by atoms with Gasteiger partial charge in [-0.15, -0.1) is 0 Å². The second-order valence-corrected chi connectivity index (χ2v) is 4.72. The van der Waals surface area contributed by atoms with E-state index in [1.807, 2.05) is 12.1 Å². The lowest BCUT2D eigenvalue weighted by molar-refractivity contribution is 0.460. The molecule has 5 heteroatoms. The Labute approximate surface area is 111 Å². The first kappa shape index (κ1) is 11.7. The molecule has 0 aliphatic heterocycles. The number of ether oxygens (including phenoxy) is 1. The highest BCUT2D eigenvalue weighted by Crippen LogP contribution is 2.30. The fourth-order valence-electron chi connectivity index (χ4n) is 1.15. The van der Waals surface area contributed by atoms with Crippen molar-refractivity contribution in [2.75, 3.05) is 0 Å². The number of nitrogens with zero attached hydrogens (tertiary/aromatic N) is 1. The zero-order valence-electron chi connectivity index (χ0n) is 7.95. The zero-order chi connectivity index (χ0) is 11.5. The quantitative estimate of drug-likeness (QED) is 0.782. The molecule has 0 N–H and O–H groups in total. The molecule has 2 rings (SSSR count). The van der Waals surface area contributed by atoms with Crippen molar-refractivity contribution in [2.24, 2.45) is 0 Å². The molecule has 2 aromatic rings. The van der Waals surface area contributed by atoms with Crippen molar-refractivity contribution in [2.45, 2.75) is 0 Å². The molecular formula is C11H6BrCl2NO. The van der Waals surface area contributed by atoms with Crippen LogP contribution in [0.15, 0.2) is 41.0 Å². The Morgan fingerprint density at radius 1 is 1.12 bits per heavy atom. The highest BCUT2D eigenvalue weighted by Gasteiger charge is 2.05. The van der Waals surface area contributed by atoms with E-state index in [-0.39, 0.29) is 0 Å². The third-order valence-corrected chi connectivity index (χ3v) is 2.82. The second kappa shape index (κ2) is 5.04. The predicted molar refractivity (Wildman–Crippen MR) is 68.5 cm³/mol. The molecule has 0 amide bonds. The fourth-order valence-corrected chi connectivity index (χ4v) is 1.99. The van der Waals surface area contributed by atoms with E-state index in [1.54, 1.807) is 24.4 Å². The summed E-state index contributed by atoms with van der Waals surface area (Å²) < 4.78 is 6.31. The van der Waals surface area contributed by atoms with E-state index in [0.29, 0.717) is 21.7 Å². The van der Waals surface area contributed by atoms with Crippen LogP contribution in [0.25, 0.3) is 0 Å². The second-order valence-electron chi connectivity index (χ2n) is 3.00. The van der Waals surface area contributed by atoms with Gasteiger partial charge in [-0.3, -0.25) is 0 Å². The highest BCUT2D eigenvalue weighted by atomic mass is 79.9. The molecule has 0 saturated heterocycles. The van der Waals surface area contributed by atoms with Gasteiger partial charge in [0.25, 0.3) is 0 Å². The topological polar surface area (TPSA) is 22.1 Å². The summed E-state index contributed by atoms with van der Waals surface area (Å²) in [6.07, 6.45) is 1.65. The van der Waals surface area contributed by atoms with Crippen LogP contribution in [-0.4, -0.2) is 4.98 Å². The van der Waals surface area contributed by atoms with Crippen LogP contribution in [0.2, 0.25) is 10.0 Å². The van der Waals surface area contributed by atoms with E-state index in [1.165, 1.54) is 0 Å². The Hall–Kier alpha value is -0.770. The van der Waals surface area contributed by atoms with Crippen molar-refractivity contribution in [3.05, 3.63) is 51.0 Å². The summed E-state index contributed by atoms with van der Waals surface area (Å²) in [5.41, 5.74) is 0. The Morgan fingerprint density at radius 3 is 2.44 bits per heavy atom. The molecule has 0 fully saturated rings. The third-order valence-electron chi connectivity index (χ3n) is 1.78. The molecule has 0 aliphatic carbocycles. The van der Waals surface area contributed by atoms with E-state index in [0.717, 1.165) is 4.47 Å². The van der Waals surface area contributed by atoms with Gasteiger partial charge in [0, 0.05) is 16.2 Å². The van der Waals surface area contributed by atoms with Crippen LogP contribution in [0.5, 0.6) is 11.6 Å². The molecular weight excluding hydrogens is 313 g/mol. The minimum absolute atomic E-state index is 0.473. The molecule has 0 bridgehead atoms. The Kier molecular flexibility index (Phi) is 3.69. The summed E-state index contributed by atoms with van der Waals surface area (Å²) in [6.45, 7) is 0. The van der Waals surface area contributed by atoms with Gasteiger partial charge in [-0.05, 0) is 46.3 Å². The molecule has 1 heterocycles. The van der Waals surface area contributed by atoms with Gasteiger partial charge in [0.05, 0.1) is 4.47 Å². The monoisotopic (exact) mass is 317 g/mol. The van der Waals surface area contributed by atoms with Gasteiger partial charge in [0.2, 0.25) is 5.88 Å². The first-order valence-corrected chi connectivity index (χ1v) is 5.94. The van der Waals surface area contributed by atoms with E-state index in [9.17, 15) is 0 Å². The van der Waals surface area contributed by atoms with Gasteiger partial charge >= 0.3 is 0 Å². The maximum atomic E-state index is 5.86. The summed E-state index contributed by atoms with van der Waals surface area (Å²) in [4.78, 5) is 4.08. The predicted octanol–water partition coefficient (Wildman–Crippen LogP) is 4.94. The molecule has 0 atom stereocenters. The molecule has 0 saturated carbocycles. The summed E-state index contributed by atoms with van der Waals surface area (Å²) >= 11 is 15.1. The number of halogens is 3. The lowest BCUT2D eigenvalue weighted by Gasteiger charge is -2.06. The number of hydrogen-bond acceptors (Lipinski definition) is 2. The van der Waals surface area contributed by atoms with Crippen LogP contribution in [-0.2, 0) is 0 Å². The molecule has 0 unspecified atom stereocenters. The van der Waals surface area contributed by atoms with Gasteiger partial charge in [-0.1, -0.05) is 23.2 Å². The van der Waals surface area contributed by atoms with Crippen LogP contribution in [0, 0.1) is 0 Å². The van der Waals surface area contributed by atoms with Crippen molar-refractivity contribution in [3.8, 4) is 11.6 Å². The summed E-state index contributed by atoms with van der Waals surface area (Å²) in [7, 11) is 0. The third kappa shape index (κ3) is 2.88. The Morgan fingerprint density at radius 2 is 1.81 bits per heavy atom. The molecule has 16 heavy (non-hydrogen) atoms. The van der Waals surface area contributed by atoms with E-state index < -0.39 is 0 Å². The van der Waals surface area contributed by atoms with E-state index in [2.05, 4.69) is 20.9 Å². The summed E-state index contributed by atoms with van der Waals surface area (Å²) in [6, 6.07) is 8.64. The SMILES string of the molecule is Clc1cc(Cl)cc(Oc2ncccc2Br)c1. The number of pyridine rings is 1. The van der Waals surface area contributed by atoms with E-state index >= 15 is 0 Å². The number of benzene rings is 1. The van der Waals surface area contributed by atoms with Crippen LogP contribution in [0.4, 0.5) is 0 Å². The maximum absolute atomic E-state index is 5.86. The largest absolute Gasteiger partial charge is 0.438 e. The van der Waals surface area contributed by atoms with Crippen molar-refractivity contribution < 1.29 is 4.74 Å². The average molecular weight is 319 g/mol. The normalized spacial score (nSPS) is 10.2. The highest BCUT2D eigenvalue weighted by molar-refractivity contribution is 9.10. The van der Waals surface area contributed by atoms with Crippen molar-refractivity contribution >= 4 is 39.1 Å². The zero-order valence-corrected chi connectivity index (χ0v) is 11.1. The minimum atomic E-state index is 0.473. The number of hydrogen-bond donors (Lipinski definition) is 0. The van der Waals surface area contributed by atoms with Crippen LogP contribution in [0.3, 0.4) is 0 Å². The number of rotatable bonds is 2. The van der Waals surface area contributed by atoms with Gasteiger partial charge in [-0.25, -0.2) is 4.98 Å². The first-order chi connectivity index (χ1) is 7.65. The molecule has 2 nitrogen and oxygen atoms in total. The Balaban J connectivity index is 2.30. The van der Waals surface area contributed by atoms with Crippen LogP contribution in [0.1, 0.15) is 0 Å². The van der Waals surface area contributed by atoms with Crippen LogP contribution >= 0.6 is 39.1 Å². The minimum Gasteiger partial charge on any atom is -0.438 e. The van der Waals surface area contributed by atoms with E-state index in [4.69, 9.17) is 27.9 Å².